The molecule has 0 aliphatic carbocycles. The molecular weight excluding hydrogens is 658 g/mol. The van der Waals surface area contributed by atoms with Crippen LogP contribution >= 0.6 is 0 Å². The summed E-state index contributed by atoms with van der Waals surface area (Å²) in [4.78, 5) is 21.3. The zero-order valence-corrected chi connectivity index (χ0v) is 29.1. The molecule has 0 radical (unpaired) electrons. The van der Waals surface area contributed by atoms with E-state index in [-0.39, 0.29) is 24.7 Å². The van der Waals surface area contributed by atoms with Gasteiger partial charge in [-0.15, -0.1) is 0 Å². The molecule has 2 aliphatic heterocycles. The van der Waals surface area contributed by atoms with Gasteiger partial charge in [0.1, 0.15) is 42.0 Å². The molecule has 14 heteroatoms. The van der Waals surface area contributed by atoms with E-state index in [0.717, 1.165) is 55.1 Å². The Morgan fingerprint density at radius 3 is 2.18 bits per heavy atom. The van der Waals surface area contributed by atoms with Gasteiger partial charge in [-0.25, -0.2) is 32.5 Å². The molecule has 0 bridgehead atoms. The van der Waals surface area contributed by atoms with Gasteiger partial charge in [0.05, 0.1) is 38.1 Å². The van der Waals surface area contributed by atoms with E-state index in [1.165, 1.54) is 34.0 Å². The fraction of sp³-hybridized carbons (Fsp3) is 0.405. The normalized spacial score (nSPS) is 19.5. The van der Waals surface area contributed by atoms with Gasteiger partial charge in [-0.2, -0.15) is 10.2 Å². The van der Waals surface area contributed by atoms with Crippen LogP contribution in [0.2, 0.25) is 0 Å². The second kappa shape index (κ2) is 15.9. The Bertz CT molecular complexity index is 1910. The van der Waals surface area contributed by atoms with E-state index in [0.29, 0.717) is 25.2 Å². The van der Waals surface area contributed by atoms with Crippen LogP contribution in [0.15, 0.2) is 90.5 Å². The zero-order valence-electron chi connectivity index (χ0n) is 29.1. The molecule has 3 atom stereocenters. The van der Waals surface area contributed by atoms with Gasteiger partial charge in [-0.3, -0.25) is 0 Å². The Labute approximate surface area is 295 Å². The minimum atomic E-state index is -1.02. The van der Waals surface area contributed by atoms with Crippen molar-refractivity contribution in [1.82, 2.24) is 29.1 Å². The maximum atomic E-state index is 14.9. The first kappa shape index (κ1) is 35.7. The van der Waals surface area contributed by atoms with Crippen LogP contribution < -0.4 is 20.2 Å². The molecule has 2 fully saturated rings. The first-order chi connectivity index (χ1) is 24.8. The highest BCUT2D eigenvalue weighted by Gasteiger charge is 2.44. The second-order valence-corrected chi connectivity index (χ2v) is 12.7. The number of hydrogen-bond acceptors (Lipinski definition) is 9. The molecule has 3 aromatic carbocycles. The molecule has 12 nitrogen and oxygen atoms in total. The summed E-state index contributed by atoms with van der Waals surface area (Å²) in [6, 6.07) is 19.5. The Kier molecular flexibility index (Phi) is 11.1. The topological polar surface area (TPSA) is 116 Å². The highest BCUT2D eigenvalue weighted by Crippen LogP contribution is 2.42. The summed E-state index contributed by atoms with van der Waals surface area (Å²) in [6.07, 6.45) is 4.27. The largest absolute Gasteiger partial charge is 0.493 e. The number of piperazine rings is 1. The lowest BCUT2D eigenvalue weighted by Crippen LogP contribution is -2.46. The van der Waals surface area contributed by atoms with Crippen LogP contribution in [-0.2, 0) is 23.4 Å². The molecule has 2 aliphatic rings. The van der Waals surface area contributed by atoms with Gasteiger partial charge in [0.2, 0.25) is 0 Å². The third-order valence-corrected chi connectivity index (χ3v) is 9.15. The highest BCUT2D eigenvalue weighted by molar-refractivity contribution is 5.54. The fourth-order valence-corrected chi connectivity index (χ4v) is 6.69. The maximum Gasteiger partial charge on any atom is 0.350 e. The first-order valence-corrected chi connectivity index (χ1v) is 17.3. The number of anilines is 2. The van der Waals surface area contributed by atoms with Crippen LogP contribution in [0, 0.1) is 17.6 Å². The van der Waals surface area contributed by atoms with Crippen molar-refractivity contribution >= 4 is 11.4 Å². The van der Waals surface area contributed by atoms with E-state index in [4.69, 9.17) is 9.47 Å². The SMILES string of the molecule is CC.C[C@H](O)Cn1ncn(-c2ccc(N3CCN(c4ccc(OC[C@@H]5CO[C@@](Cn6cncn6)(c6ccc(F)cc6F)C5)cc4)CC3)cc2)c1=O. The Hall–Kier alpha value is -5.08. The van der Waals surface area contributed by atoms with E-state index >= 15 is 0 Å². The third-order valence-electron chi connectivity index (χ3n) is 9.15. The van der Waals surface area contributed by atoms with Crippen LogP contribution in [0.5, 0.6) is 5.75 Å². The molecule has 2 saturated heterocycles. The monoisotopic (exact) mass is 702 g/mol. The predicted molar refractivity (Wildman–Crippen MR) is 189 cm³/mol. The van der Waals surface area contributed by atoms with E-state index in [2.05, 4.69) is 37.1 Å². The van der Waals surface area contributed by atoms with E-state index in [1.807, 2.05) is 50.2 Å². The molecule has 4 heterocycles. The Morgan fingerprint density at radius 2 is 1.57 bits per heavy atom. The van der Waals surface area contributed by atoms with Gasteiger partial charge in [-0.1, -0.05) is 19.9 Å². The Balaban J connectivity index is 0.00000220. The van der Waals surface area contributed by atoms with Crippen molar-refractivity contribution in [3.8, 4) is 11.4 Å². The number of aliphatic hydroxyl groups excluding tert-OH is 1. The van der Waals surface area contributed by atoms with Crippen molar-refractivity contribution in [2.75, 3.05) is 49.2 Å². The number of aliphatic hydroxyl groups is 1. The summed E-state index contributed by atoms with van der Waals surface area (Å²) in [5.41, 5.74) is 1.91. The molecule has 7 rings (SSSR count). The van der Waals surface area contributed by atoms with Gasteiger partial charge in [-0.05, 0) is 67.9 Å². The van der Waals surface area contributed by atoms with Crippen LogP contribution in [-0.4, -0.2) is 79.7 Å². The summed E-state index contributed by atoms with van der Waals surface area (Å²) in [6.45, 7) is 10.2. The van der Waals surface area contributed by atoms with Gasteiger partial charge in [0.15, 0.2) is 0 Å². The second-order valence-electron chi connectivity index (χ2n) is 12.7. The quantitative estimate of drug-likeness (QED) is 0.210. The van der Waals surface area contributed by atoms with Crippen molar-refractivity contribution in [2.24, 2.45) is 5.92 Å². The molecule has 0 spiro atoms. The molecule has 2 aromatic heterocycles. The van der Waals surface area contributed by atoms with Crippen molar-refractivity contribution in [2.45, 2.75) is 52.0 Å². The highest BCUT2D eigenvalue weighted by atomic mass is 19.1. The molecule has 0 saturated carbocycles. The van der Waals surface area contributed by atoms with Gasteiger partial charge < -0.3 is 24.4 Å². The smallest absolute Gasteiger partial charge is 0.350 e. The van der Waals surface area contributed by atoms with Gasteiger partial charge in [0, 0.05) is 55.1 Å². The van der Waals surface area contributed by atoms with Crippen molar-refractivity contribution in [3.63, 3.8) is 0 Å². The van der Waals surface area contributed by atoms with E-state index in [9.17, 15) is 18.7 Å². The summed E-state index contributed by atoms with van der Waals surface area (Å²) in [5.74, 6) is -0.562. The van der Waals surface area contributed by atoms with Crippen molar-refractivity contribution < 1.29 is 23.4 Å². The van der Waals surface area contributed by atoms with E-state index in [1.54, 1.807) is 17.9 Å². The summed E-state index contributed by atoms with van der Waals surface area (Å²) < 4.78 is 45.4. The Morgan fingerprint density at radius 1 is 0.922 bits per heavy atom. The average Bonchev–Trinajstić information content (AvgIpc) is 3.90. The molecule has 0 unspecified atom stereocenters. The molecule has 5 aromatic rings. The number of hydrogen-bond donors (Lipinski definition) is 1. The summed E-state index contributed by atoms with van der Waals surface area (Å²) in [5, 5.41) is 17.9. The number of halogens is 2. The predicted octanol–water partition coefficient (Wildman–Crippen LogP) is 4.65. The van der Waals surface area contributed by atoms with Crippen LogP contribution in [0.3, 0.4) is 0 Å². The minimum Gasteiger partial charge on any atom is -0.493 e. The molecule has 270 valence electrons. The molecule has 1 N–H and O–H groups in total. The van der Waals surface area contributed by atoms with Crippen molar-refractivity contribution in [3.05, 3.63) is 113 Å². The number of rotatable bonds is 11. The number of aromatic nitrogens is 6. The lowest BCUT2D eigenvalue weighted by molar-refractivity contribution is -0.0206. The lowest BCUT2D eigenvalue weighted by atomic mass is 9.87. The third kappa shape index (κ3) is 8.12. The fourth-order valence-electron chi connectivity index (χ4n) is 6.69. The molecular formula is C37H44F2N8O4. The van der Waals surface area contributed by atoms with E-state index < -0.39 is 23.3 Å². The maximum absolute atomic E-state index is 14.9. The summed E-state index contributed by atoms with van der Waals surface area (Å²) >= 11 is 0. The zero-order chi connectivity index (χ0) is 36.0. The van der Waals surface area contributed by atoms with Crippen LogP contribution in [0.25, 0.3) is 5.69 Å². The van der Waals surface area contributed by atoms with Crippen LogP contribution in [0.4, 0.5) is 20.2 Å². The number of nitrogens with zero attached hydrogens (tertiary/aromatic N) is 8. The van der Waals surface area contributed by atoms with Gasteiger partial charge in [0.25, 0.3) is 0 Å². The standard InChI is InChI=1S/C35H38F2N8O4.C2H6/c1-25(46)18-45-34(47)44(24-40-45)30-5-3-28(4-6-30)41-12-14-42(15-13-41)29-7-9-31(10-8-29)48-19-26-17-35(49-20-26,21-43-23-38-22-39-43)32-11-2-27(36)16-33(32)37;1-2/h2-11,16,22-26,46H,12-15,17-21H2,1H3;1-2H3/t25-,26+,35-;/m0./s1. The van der Waals surface area contributed by atoms with Gasteiger partial charge >= 0.3 is 5.69 Å². The number of benzene rings is 3. The number of ether oxygens (including phenoxy) is 2. The molecule has 0 amide bonds. The summed E-state index contributed by atoms with van der Waals surface area (Å²) in [7, 11) is 0. The minimum absolute atomic E-state index is 0.0106. The average molecular weight is 703 g/mol. The van der Waals surface area contributed by atoms with Crippen LogP contribution in [0.1, 0.15) is 32.8 Å². The lowest BCUT2D eigenvalue weighted by Gasteiger charge is -2.37. The molecule has 51 heavy (non-hydrogen) atoms. The first-order valence-electron chi connectivity index (χ1n) is 17.3. The van der Waals surface area contributed by atoms with Crippen molar-refractivity contribution in [1.29, 1.82) is 0 Å².